The smallest absolute Gasteiger partial charge is 0.334 e. The van der Waals surface area contributed by atoms with E-state index >= 15 is 0 Å². The first-order chi connectivity index (χ1) is 11.3. The summed E-state index contributed by atoms with van der Waals surface area (Å²) in [6.07, 6.45) is -1.18. The molecule has 0 heterocycles. The number of hydrogen-bond donors (Lipinski definition) is 3. The number of aliphatic carboxylic acids is 1. The van der Waals surface area contributed by atoms with E-state index in [2.05, 4.69) is 5.32 Å². The second kappa shape index (κ2) is 8.94. The number of nitrogens with two attached hydrogens (primary N) is 1. The van der Waals surface area contributed by atoms with Gasteiger partial charge >= 0.3 is 5.97 Å². The van der Waals surface area contributed by atoms with Gasteiger partial charge in [-0.3, -0.25) is 9.59 Å². The summed E-state index contributed by atoms with van der Waals surface area (Å²) < 4.78 is 14.9. The molecule has 2 amide bonds. The standard InChI is InChI=1S/C14H17ClN2O7/c1-22-9-4-7(3-8(15)12(9)24-6-11(16)18)13(19)17-5-10(23-2)14(20)21/h3-4,10H,5-6H2,1-2H3,(H2,16,18)(H,17,19)(H,20,21). The first-order valence-corrected chi connectivity index (χ1v) is 7.00. The molecule has 0 spiro atoms. The molecule has 0 saturated carbocycles. The fourth-order valence-electron chi connectivity index (χ4n) is 1.69. The second-order valence-electron chi connectivity index (χ2n) is 4.52. The highest BCUT2D eigenvalue weighted by Crippen LogP contribution is 2.36. The molecule has 1 aromatic rings. The predicted octanol–water partition coefficient (Wildman–Crippen LogP) is 0.0421. The van der Waals surface area contributed by atoms with E-state index in [-0.39, 0.29) is 28.6 Å². The maximum Gasteiger partial charge on any atom is 0.334 e. The minimum absolute atomic E-state index is 0.0299. The Bertz CT molecular complexity index is 636. The lowest BCUT2D eigenvalue weighted by molar-refractivity contribution is -0.148. The fraction of sp³-hybridized carbons (Fsp3) is 0.357. The molecule has 0 aliphatic rings. The van der Waals surface area contributed by atoms with Gasteiger partial charge in [0, 0.05) is 12.7 Å². The molecule has 1 unspecified atom stereocenters. The zero-order valence-corrected chi connectivity index (χ0v) is 13.8. The zero-order valence-electron chi connectivity index (χ0n) is 13.0. The third-order valence-electron chi connectivity index (χ3n) is 2.86. The van der Waals surface area contributed by atoms with Crippen molar-refractivity contribution < 1.29 is 33.7 Å². The lowest BCUT2D eigenvalue weighted by atomic mass is 10.2. The Morgan fingerprint density at radius 3 is 2.50 bits per heavy atom. The van der Waals surface area contributed by atoms with Crippen LogP contribution in [0.25, 0.3) is 0 Å². The van der Waals surface area contributed by atoms with Crippen LogP contribution in [0.5, 0.6) is 11.5 Å². The minimum Gasteiger partial charge on any atom is -0.493 e. The number of nitrogens with one attached hydrogen (secondary N) is 1. The Morgan fingerprint density at radius 1 is 1.33 bits per heavy atom. The molecule has 0 aliphatic heterocycles. The molecule has 4 N–H and O–H groups in total. The Hall–Kier alpha value is -2.52. The molecule has 24 heavy (non-hydrogen) atoms. The third-order valence-corrected chi connectivity index (χ3v) is 3.14. The van der Waals surface area contributed by atoms with Crippen molar-refractivity contribution in [2.24, 2.45) is 5.73 Å². The van der Waals surface area contributed by atoms with E-state index in [1.54, 1.807) is 0 Å². The van der Waals surface area contributed by atoms with Gasteiger partial charge in [0.25, 0.3) is 11.8 Å². The Morgan fingerprint density at radius 2 is 2.00 bits per heavy atom. The molecule has 1 aromatic carbocycles. The molecule has 1 atom stereocenters. The molecule has 10 heteroatoms. The van der Waals surface area contributed by atoms with Crippen molar-refractivity contribution >= 4 is 29.4 Å². The highest BCUT2D eigenvalue weighted by molar-refractivity contribution is 6.32. The summed E-state index contributed by atoms with van der Waals surface area (Å²) in [6, 6.07) is 2.62. The number of carboxylic acids is 1. The first-order valence-electron chi connectivity index (χ1n) is 6.62. The van der Waals surface area contributed by atoms with Gasteiger partial charge < -0.3 is 30.4 Å². The normalized spacial score (nSPS) is 11.5. The number of halogens is 1. The van der Waals surface area contributed by atoms with Gasteiger partial charge in [0.05, 0.1) is 18.7 Å². The van der Waals surface area contributed by atoms with Crippen LogP contribution in [0.1, 0.15) is 10.4 Å². The molecular formula is C14H17ClN2O7. The summed E-state index contributed by atoms with van der Waals surface area (Å²) in [7, 11) is 2.55. The molecule has 0 saturated heterocycles. The highest BCUT2D eigenvalue weighted by atomic mass is 35.5. The number of ether oxygens (including phenoxy) is 3. The van der Waals surface area contributed by atoms with Crippen LogP contribution in [-0.4, -0.2) is 56.4 Å². The van der Waals surface area contributed by atoms with Crippen molar-refractivity contribution in [1.82, 2.24) is 5.32 Å². The SMILES string of the molecule is COc1cc(C(=O)NCC(OC)C(=O)O)cc(Cl)c1OCC(N)=O. The van der Waals surface area contributed by atoms with Crippen LogP contribution >= 0.6 is 11.6 Å². The van der Waals surface area contributed by atoms with Crippen LogP contribution in [-0.2, 0) is 14.3 Å². The maximum absolute atomic E-state index is 12.1. The average molecular weight is 361 g/mol. The van der Waals surface area contributed by atoms with Crippen LogP contribution in [0.15, 0.2) is 12.1 Å². The zero-order chi connectivity index (χ0) is 18.3. The van der Waals surface area contributed by atoms with E-state index in [4.69, 9.17) is 36.7 Å². The van der Waals surface area contributed by atoms with Crippen molar-refractivity contribution in [3.05, 3.63) is 22.7 Å². The van der Waals surface area contributed by atoms with E-state index < -0.39 is 30.5 Å². The number of benzene rings is 1. The van der Waals surface area contributed by atoms with Gasteiger partial charge in [0.2, 0.25) is 0 Å². The number of rotatable bonds is 9. The second-order valence-corrected chi connectivity index (χ2v) is 4.92. The number of hydrogen-bond acceptors (Lipinski definition) is 6. The van der Waals surface area contributed by atoms with Gasteiger partial charge in [-0.2, -0.15) is 0 Å². The van der Waals surface area contributed by atoms with Crippen LogP contribution in [0, 0.1) is 0 Å². The van der Waals surface area contributed by atoms with Crippen molar-refractivity contribution in [3.8, 4) is 11.5 Å². The summed E-state index contributed by atoms with van der Waals surface area (Å²) in [5, 5.41) is 11.3. The van der Waals surface area contributed by atoms with Crippen molar-refractivity contribution in [1.29, 1.82) is 0 Å². The lowest BCUT2D eigenvalue weighted by Gasteiger charge is -2.14. The molecule has 0 bridgehead atoms. The monoisotopic (exact) mass is 360 g/mol. The predicted molar refractivity (Wildman–Crippen MR) is 83.5 cm³/mol. The Kier molecular flexibility index (Phi) is 7.28. The summed E-state index contributed by atoms with van der Waals surface area (Å²) in [4.78, 5) is 33.7. The minimum atomic E-state index is -1.20. The van der Waals surface area contributed by atoms with Gasteiger partial charge in [-0.1, -0.05) is 11.6 Å². The summed E-state index contributed by atoms with van der Waals surface area (Å²) >= 11 is 6.03. The number of carbonyl (C=O) groups is 3. The Labute approximate surface area is 142 Å². The van der Waals surface area contributed by atoms with Crippen molar-refractivity contribution in [2.45, 2.75) is 6.10 Å². The number of methoxy groups -OCH3 is 2. The summed E-state index contributed by atoms with van der Waals surface area (Å²) in [5.41, 5.74) is 5.11. The number of amides is 2. The van der Waals surface area contributed by atoms with Gasteiger partial charge in [-0.25, -0.2) is 4.79 Å². The maximum atomic E-state index is 12.1. The molecule has 0 fully saturated rings. The van der Waals surface area contributed by atoms with Crippen LogP contribution in [0.4, 0.5) is 0 Å². The van der Waals surface area contributed by atoms with E-state index in [9.17, 15) is 14.4 Å². The molecule has 132 valence electrons. The number of carboxylic acid groups (broad SMARTS) is 1. The van der Waals surface area contributed by atoms with E-state index in [0.717, 1.165) is 0 Å². The summed E-state index contributed by atoms with van der Waals surface area (Å²) in [5.74, 6) is -2.30. The van der Waals surface area contributed by atoms with Crippen LogP contribution in [0.2, 0.25) is 5.02 Å². The summed E-state index contributed by atoms with van der Waals surface area (Å²) in [6.45, 7) is -0.639. The molecule has 0 aromatic heterocycles. The van der Waals surface area contributed by atoms with Gasteiger partial charge in [-0.05, 0) is 12.1 Å². The van der Waals surface area contributed by atoms with Gasteiger partial charge in [-0.15, -0.1) is 0 Å². The van der Waals surface area contributed by atoms with E-state index in [1.165, 1.54) is 26.4 Å². The van der Waals surface area contributed by atoms with Gasteiger partial charge in [0.1, 0.15) is 0 Å². The van der Waals surface area contributed by atoms with E-state index in [1.807, 2.05) is 0 Å². The van der Waals surface area contributed by atoms with Gasteiger partial charge in [0.15, 0.2) is 24.2 Å². The third kappa shape index (κ3) is 5.28. The lowest BCUT2D eigenvalue weighted by Crippen LogP contribution is -2.37. The Balaban J connectivity index is 2.92. The number of primary amides is 1. The topological polar surface area (TPSA) is 137 Å². The van der Waals surface area contributed by atoms with Crippen molar-refractivity contribution in [2.75, 3.05) is 27.4 Å². The quantitative estimate of drug-likeness (QED) is 0.565. The molecule has 1 rings (SSSR count). The highest BCUT2D eigenvalue weighted by Gasteiger charge is 2.20. The molecule has 9 nitrogen and oxygen atoms in total. The average Bonchev–Trinajstić information content (AvgIpc) is 2.52. The first kappa shape index (κ1) is 19.5. The molecular weight excluding hydrogens is 344 g/mol. The van der Waals surface area contributed by atoms with E-state index in [0.29, 0.717) is 0 Å². The van der Waals surface area contributed by atoms with Crippen LogP contribution < -0.4 is 20.5 Å². The number of carbonyl (C=O) groups excluding carboxylic acids is 2. The molecule has 0 radical (unpaired) electrons. The largest absolute Gasteiger partial charge is 0.493 e. The molecule has 0 aliphatic carbocycles. The fourth-order valence-corrected chi connectivity index (χ4v) is 1.96. The van der Waals surface area contributed by atoms with Crippen LogP contribution in [0.3, 0.4) is 0 Å². The van der Waals surface area contributed by atoms with Crippen molar-refractivity contribution in [3.63, 3.8) is 0 Å².